The van der Waals surface area contributed by atoms with Gasteiger partial charge in [-0.2, -0.15) is 10.2 Å². The topological polar surface area (TPSA) is 110 Å². The summed E-state index contributed by atoms with van der Waals surface area (Å²) in [5.74, 6) is 6.29. The van der Waals surface area contributed by atoms with Crippen molar-refractivity contribution in [2.24, 2.45) is 5.10 Å². The molecule has 2 aromatic heterocycles. The van der Waals surface area contributed by atoms with Crippen LogP contribution in [0.25, 0.3) is 11.3 Å². The maximum Gasteiger partial charge on any atom is 0.263 e. The fourth-order valence-corrected chi connectivity index (χ4v) is 1.85. The molecule has 0 atom stereocenters. The lowest BCUT2D eigenvalue weighted by Crippen LogP contribution is -2.13. The highest BCUT2D eigenvalue weighted by Gasteiger charge is 2.07. The number of rotatable bonds is 4. The minimum atomic E-state index is -0.294. The number of anilines is 1. The molecule has 0 fully saturated rings. The van der Waals surface area contributed by atoms with E-state index < -0.39 is 0 Å². The fraction of sp³-hybridized carbons (Fsp3) is 0.0769. The summed E-state index contributed by atoms with van der Waals surface area (Å²) in [6, 6.07) is 6.09. The van der Waals surface area contributed by atoms with E-state index in [2.05, 4.69) is 30.9 Å². The predicted octanol–water partition coefficient (Wildman–Crippen LogP) is 2.12. The first-order chi connectivity index (χ1) is 10.6. The van der Waals surface area contributed by atoms with E-state index in [9.17, 15) is 4.39 Å². The molecule has 11 heteroatoms. The van der Waals surface area contributed by atoms with Crippen molar-refractivity contribution in [2.75, 3.05) is 11.3 Å². The lowest BCUT2D eigenvalue weighted by molar-refractivity contribution is 0.628. The fourth-order valence-electron chi connectivity index (χ4n) is 1.85. The first-order valence-corrected chi connectivity index (χ1v) is 6.40. The molecule has 0 unspecified atom stereocenters. The Morgan fingerprint density at radius 2 is 1.96 bits per heavy atom. The largest absolute Gasteiger partial charge is 0.335 e. The molecule has 3 rings (SSSR count). The number of nitrogen functional groups attached to an aromatic ring is 1. The zero-order valence-electron chi connectivity index (χ0n) is 12.5. The van der Waals surface area contributed by atoms with Gasteiger partial charge in [0.15, 0.2) is 5.82 Å². The van der Waals surface area contributed by atoms with Crippen LogP contribution in [0.3, 0.4) is 0 Å². The molecule has 2 heterocycles. The van der Waals surface area contributed by atoms with Gasteiger partial charge in [0.05, 0.1) is 18.1 Å². The Hall–Kier alpha value is -2.65. The molecular weight excluding hydrogens is 358 g/mol. The summed E-state index contributed by atoms with van der Waals surface area (Å²) in [5.41, 5.74) is 4.96. The quantitative estimate of drug-likeness (QED) is 0.369. The molecule has 0 bridgehead atoms. The Labute approximate surface area is 149 Å². The number of aromatic nitrogens is 5. The van der Waals surface area contributed by atoms with Gasteiger partial charge in [-0.1, -0.05) is 0 Å². The number of hydrogen-bond acceptors (Lipinski definition) is 6. The van der Waals surface area contributed by atoms with Crippen LogP contribution in [-0.4, -0.2) is 31.3 Å². The molecule has 0 aliphatic rings. The highest BCUT2D eigenvalue weighted by atomic mass is 35.5. The first-order valence-electron chi connectivity index (χ1n) is 6.40. The number of hydrazone groups is 1. The van der Waals surface area contributed by atoms with E-state index in [-0.39, 0.29) is 30.6 Å². The Bertz CT molecular complexity index is 812. The molecule has 8 nitrogen and oxygen atoms in total. The Morgan fingerprint density at radius 1 is 1.25 bits per heavy atom. The van der Waals surface area contributed by atoms with Crippen LogP contribution in [0, 0.1) is 12.7 Å². The SMILES string of the molecule is Cc1nnc(N/N=C/c2cn[nH]c2-c2ccc(F)cc2)n1N.Cl.Cl. The van der Waals surface area contributed by atoms with Crippen LogP contribution in [0.5, 0.6) is 0 Å². The third-order valence-corrected chi connectivity index (χ3v) is 3.04. The Balaban J connectivity index is 0.00000144. The van der Waals surface area contributed by atoms with Crippen molar-refractivity contribution >= 4 is 37.0 Å². The van der Waals surface area contributed by atoms with Crippen LogP contribution < -0.4 is 11.3 Å². The summed E-state index contributed by atoms with van der Waals surface area (Å²) < 4.78 is 14.3. The Morgan fingerprint density at radius 3 is 2.58 bits per heavy atom. The molecule has 0 saturated carbocycles. The number of benzene rings is 1. The van der Waals surface area contributed by atoms with Gasteiger partial charge in [-0.25, -0.2) is 14.5 Å². The molecule has 0 saturated heterocycles. The molecule has 1 aromatic carbocycles. The van der Waals surface area contributed by atoms with Gasteiger partial charge in [-0.3, -0.25) is 5.10 Å². The highest BCUT2D eigenvalue weighted by molar-refractivity contribution is 5.88. The van der Waals surface area contributed by atoms with Crippen molar-refractivity contribution in [2.45, 2.75) is 6.92 Å². The molecule has 128 valence electrons. The van der Waals surface area contributed by atoms with E-state index in [1.54, 1.807) is 31.5 Å². The number of aryl methyl sites for hydroxylation is 1. The maximum atomic E-state index is 13.0. The summed E-state index contributed by atoms with van der Waals surface area (Å²) in [5, 5.41) is 18.5. The van der Waals surface area contributed by atoms with Crippen LogP contribution in [0.1, 0.15) is 11.4 Å². The zero-order valence-corrected chi connectivity index (χ0v) is 14.1. The van der Waals surface area contributed by atoms with E-state index >= 15 is 0 Å². The second-order valence-electron chi connectivity index (χ2n) is 4.52. The Kier molecular flexibility index (Phi) is 6.69. The van der Waals surface area contributed by atoms with E-state index in [1.807, 2.05) is 0 Å². The molecular formula is C13H15Cl2FN8. The van der Waals surface area contributed by atoms with Crippen molar-refractivity contribution in [1.82, 2.24) is 25.1 Å². The van der Waals surface area contributed by atoms with Gasteiger partial charge >= 0.3 is 0 Å². The average Bonchev–Trinajstić information content (AvgIpc) is 3.10. The van der Waals surface area contributed by atoms with Gasteiger partial charge < -0.3 is 5.84 Å². The summed E-state index contributed by atoms with van der Waals surface area (Å²) in [7, 11) is 0. The van der Waals surface area contributed by atoms with Gasteiger partial charge in [0, 0.05) is 11.1 Å². The third kappa shape index (κ3) is 4.00. The van der Waals surface area contributed by atoms with Gasteiger partial charge in [0.25, 0.3) is 5.95 Å². The smallest absolute Gasteiger partial charge is 0.263 e. The normalized spacial score (nSPS) is 10.2. The molecule has 0 amide bonds. The zero-order chi connectivity index (χ0) is 15.5. The van der Waals surface area contributed by atoms with Crippen LogP contribution >= 0.6 is 24.8 Å². The van der Waals surface area contributed by atoms with Crippen LogP contribution in [0.2, 0.25) is 0 Å². The average molecular weight is 373 g/mol. The van der Waals surface area contributed by atoms with Gasteiger partial charge in [-0.15, -0.1) is 35.0 Å². The summed E-state index contributed by atoms with van der Waals surface area (Å²) >= 11 is 0. The number of H-pyrrole nitrogens is 1. The van der Waals surface area contributed by atoms with Crippen molar-refractivity contribution in [3.05, 3.63) is 47.7 Å². The molecule has 0 radical (unpaired) electrons. The van der Waals surface area contributed by atoms with Crippen molar-refractivity contribution in [3.63, 3.8) is 0 Å². The molecule has 0 aliphatic carbocycles. The standard InChI is InChI=1S/C13H13FN8.2ClH/c1-8-18-21-13(22(8)15)20-17-7-10-6-16-19-12(10)9-2-4-11(14)5-3-9;;/h2-7H,15H2,1H3,(H,16,19)(H,20,21);2*1H/b17-7+;;. The van der Waals surface area contributed by atoms with Crippen molar-refractivity contribution in [3.8, 4) is 11.3 Å². The van der Waals surface area contributed by atoms with Crippen LogP contribution in [-0.2, 0) is 0 Å². The lowest BCUT2D eigenvalue weighted by atomic mass is 10.1. The van der Waals surface area contributed by atoms with E-state index in [1.165, 1.54) is 16.8 Å². The maximum absolute atomic E-state index is 13.0. The van der Waals surface area contributed by atoms with Crippen LogP contribution in [0.4, 0.5) is 10.3 Å². The molecule has 0 spiro atoms. The van der Waals surface area contributed by atoms with Crippen molar-refractivity contribution < 1.29 is 4.39 Å². The number of halogens is 3. The third-order valence-electron chi connectivity index (χ3n) is 3.04. The monoisotopic (exact) mass is 372 g/mol. The predicted molar refractivity (Wildman–Crippen MR) is 94.6 cm³/mol. The van der Waals surface area contributed by atoms with E-state index in [4.69, 9.17) is 5.84 Å². The lowest BCUT2D eigenvalue weighted by Gasteiger charge is -2.01. The summed E-state index contributed by atoms with van der Waals surface area (Å²) in [6.45, 7) is 1.73. The second kappa shape index (κ2) is 8.27. The number of nitrogens with two attached hydrogens (primary N) is 1. The van der Waals surface area contributed by atoms with Gasteiger partial charge in [-0.05, 0) is 31.2 Å². The highest BCUT2D eigenvalue weighted by Crippen LogP contribution is 2.20. The first kappa shape index (κ1) is 19.4. The number of nitrogens with zero attached hydrogens (tertiary/aromatic N) is 5. The second-order valence-corrected chi connectivity index (χ2v) is 4.52. The van der Waals surface area contributed by atoms with Gasteiger partial charge in [0.2, 0.25) is 0 Å². The summed E-state index contributed by atoms with van der Waals surface area (Å²) in [4.78, 5) is 0. The van der Waals surface area contributed by atoms with Gasteiger partial charge in [0.1, 0.15) is 5.82 Å². The number of nitrogens with one attached hydrogen (secondary N) is 2. The minimum absolute atomic E-state index is 0. The molecule has 3 aromatic rings. The van der Waals surface area contributed by atoms with E-state index in [0.29, 0.717) is 11.8 Å². The molecule has 4 N–H and O–H groups in total. The number of hydrogen-bond donors (Lipinski definition) is 3. The summed E-state index contributed by atoms with van der Waals surface area (Å²) in [6.07, 6.45) is 3.18. The van der Waals surface area contributed by atoms with Crippen molar-refractivity contribution in [1.29, 1.82) is 0 Å². The number of aromatic amines is 1. The molecule has 24 heavy (non-hydrogen) atoms. The van der Waals surface area contributed by atoms with E-state index in [0.717, 1.165) is 16.8 Å². The molecule has 0 aliphatic heterocycles. The minimum Gasteiger partial charge on any atom is -0.335 e. The van der Waals surface area contributed by atoms with Crippen LogP contribution in [0.15, 0.2) is 35.6 Å².